The standard InChI is InChI=1S/C15H11ClFNO3/c16-11-6-5-10(7-12(11)17)15(21)18-13-4-2-1-3-9(13)8-14(19)20/h1-7H,8H2,(H,18,21)(H,19,20). The van der Waals surface area contributed by atoms with E-state index in [2.05, 4.69) is 5.32 Å². The van der Waals surface area contributed by atoms with Crippen molar-refractivity contribution in [2.45, 2.75) is 6.42 Å². The van der Waals surface area contributed by atoms with E-state index in [4.69, 9.17) is 16.7 Å². The third-order valence-electron chi connectivity index (χ3n) is 2.79. The first-order chi connectivity index (χ1) is 9.97. The van der Waals surface area contributed by atoms with Gasteiger partial charge in [0, 0.05) is 11.3 Å². The number of benzene rings is 2. The van der Waals surface area contributed by atoms with E-state index in [9.17, 15) is 14.0 Å². The average Bonchev–Trinajstić information content (AvgIpc) is 2.43. The van der Waals surface area contributed by atoms with Crippen LogP contribution in [0.25, 0.3) is 0 Å². The van der Waals surface area contributed by atoms with Crippen molar-refractivity contribution < 1.29 is 19.1 Å². The number of hydrogen-bond acceptors (Lipinski definition) is 2. The Hall–Kier alpha value is -2.40. The van der Waals surface area contributed by atoms with Gasteiger partial charge in [-0.15, -0.1) is 0 Å². The number of aliphatic carboxylic acids is 1. The largest absolute Gasteiger partial charge is 0.481 e. The van der Waals surface area contributed by atoms with E-state index < -0.39 is 17.7 Å². The molecule has 0 unspecified atom stereocenters. The molecule has 0 spiro atoms. The molecule has 0 bridgehead atoms. The van der Waals surface area contributed by atoms with Crippen LogP contribution in [0.5, 0.6) is 0 Å². The Bertz CT molecular complexity index is 703. The van der Waals surface area contributed by atoms with Gasteiger partial charge >= 0.3 is 5.97 Å². The Morgan fingerprint density at radius 1 is 1.19 bits per heavy atom. The lowest BCUT2D eigenvalue weighted by molar-refractivity contribution is -0.136. The predicted molar refractivity (Wildman–Crippen MR) is 77.1 cm³/mol. The maximum Gasteiger partial charge on any atom is 0.307 e. The highest BCUT2D eigenvalue weighted by atomic mass is 35.5. The Kier molecular flexibility index (Phi) is 4.55. The first-order valence-corrected chi connectivity index (χ1v) is 6.41. The van der Waals surface area contributed by atoms with Gasteiger partial charge in [0.15, 0.2) is 0 Å². The fourth-order valence-electron chi connectivity index (χ4n) is 1.79. The van der Waals surface area contributed by atoms with Gasteiger partial charge in [-0.1, -0.05) is 29.8 Å². The summed E-state index contributed by atoms with van der Waals surface area (Å²) in [4.78, 5) is 22.8. The number of carboxylic acid groups (broad SMARTS) is 1. The molecule has 0 aromatic heterocycles. The minimum atomic E-state index is -1.01. The van der Waals surface area contributed by atoms with Crippen molar-refractivity contribution in [3.63, 3.8) is 0 Å². The van der Waals surface area contributed by atoms with E-state index in [1.807, 2.05) is 0 Å². The van der Waals surface area contributed by atoms with Gasteiger partial charge in [0.05, 0.1) is 11.4 Å². The van der Waals surface area contributed by atoms with Crippen LogP contribution in [0.3, 0.4) is 0 Å². The average molecular weight is 308 g/mol. The van der Waals surface area contributed by atoms with Crippen LogP contribution in [0.15, 0.2) is 42.5 Å². The fraction of sp³-hybridized carbons (Fsp3) is 0.0667. The second kappa shape index (κ2) is 6.37. The van der Waals surface area contributed by atoms with E-state index in [0.717, 1.165) is 6.07 Å². The second-order valence-corrected chi connectivity index (χ2v) is 4.72. The maximum atomic E-state index is 13.3. The lowest BCUT2D eigenvalue weighted by atomic mass is 10.1. The van der Waals surface area contributed by atoms with Gasteiger partial charge < -0.3 is 10.4 Å². The van der Waals surface area contributed by atoms with Crippen LogP contribution in [0.2, 0.25) is 5.02 Å². The van der Waals surface area contributed by atoms with Gasteiger partial charge in [0.25, 0.3) is 5.91 Å². The van der Waals surface area contributed by atoms with Crippen LogP contribution in [0, 0.1) is 5.82 Å². The SMILES string of the molecule is O=C(O)Cc1ccccc1NC(=O)c1ccc(Cl)c(F)c1. The summed E-state index contributed by atoms with van der Waals surface area (Å²) in [7, 11) is 0. The van der Waals surface area contributed by atoms with E-state index in [-0.39, 0.29) is 17.0 Å². The first-order valence-electron chi connectivity index (χ1n) is 6.03. The predicted octanol–water partition coefficient (Wildman–Crippen LogP) is 3.36. The number of hydrogen-bond donors (Lipinski definition) is 2. The summed E-state index contributed by atoms with van der Waals surface area (Å²) in [5.41, 5.74) is 0.940. The zero-order chi connectivity index (χ0) is 15.4. The molecule has 0 saturated carbocycles. The number of nitrogens with one attached hydrogen (secondary N) is 1. The minimum absolute atomic E-state index is 0.0715. The van der Waals surface area contributed by atoms with Gasteiger partial charge in [0.1, 0.15) is 5.82 Å². The molecule has 2 rings (SSSR count). The van der Waals surface area contributed by atoms with Gasteiger partial charge in [-0.3, -0.25) is 9.59 Å². The van der Waals surface area contributed by atoms with Gasteiger partial charge in [-0.2, -0.15) is 0 Å². The normalized spacial score (nSPS) is 10.2. The molecule has 0 aliphatic heterocycles. The molecular weight excluding hydrogens is 297 g/mol. The molecule has 0 aliphatic rings. The van der Waals surface area contributed by atoms with Crippen LogP contribution in [-0.4, -0.2) is 17.0 Å². The van der Waals surface area contributed by atoms with E-state index >= 15 is 0 Å². The van der Waals surface area contributed by atoms with Crippen molar-refractivity contribution in [1.82, 2.24) is 0 Å². The fourth-order valence-corrected chi connectivity index (χ4v) is 1.91. The minimum Gasteiger partial charge on any atom is -0.481 e. The number of carboxylic acids is 1. The van der Waals surface area contributed by atoms with E-state index in [1.54, 1.807) is 24.3 Å². The Morgan fingerprint density at radius 2 is 1.90 bits per heavy atom. The van der Waals surface area contributed by atoms with Crippen molar-refractivity contribution in [2.75, 3.05) is 5.32 Å². The Morgan fingerprint density at radius 3 is 2.57 bits per heavy atom. The number of rotatable bonds is 4. The molecule has 6 heteroatoms. The summed E-state index contributed by atoms with van der Waals surface area (Å²) in [6.07, 6.45) is -0.217. The monoisotopic (exact) mass is 307 g/mol. The van der Waals surface area contributed by atoms with Gasteiger partial charge in [0.2, 0.25) is 0 Å². The van der Waals surface area contributed by atoms with Crippen LogP contribution in [0.4, 0.5) is 10.1 Å². The molecule has 0 aliphatic carbocycles. The molecule has 0 fully saturated rings. The maximum absolute atomic E-state index is 13.3. The van der Waals surface area contributed by atoms with Crippen molar-refractivity contribution >= 4 is 29.2 Å². The van der Waals surface area contributed by atoms with Crippen LogP contribution >= 0.6 is 11.6 Å². The molecule has 4 nitrogen and oxygen atoms in total. The molecule has 2 aromatic carbocycles. The smallest absolute Gasteiger partial charge is 0.307 e. The highest BCUT2D eigenvalue weighted by Crippen LogP contribution is 2.19. The van der Waals surface area contributed by atoms with Crippen molar-refractivity contribution in [3.05, 3.63) is 64.4 Å². The summed E-state index contributed by atoms with van der Waals surface area (Å²) in [6, 6.07) is 10.2. The lowest BCUT2D eigenvalue weighted by Gasteiger charge is -2.10. The number of halogens is 2. The number of carbonyl (C=O) groups excluding carboxylic acids is 1. The Labute approximate surface area is 125 Å². The third kappa shape index (κ3) is 3.79. The highest BCUT2D eigenvalue weighted by molar-refractivity contribution is 6.30. The van der Waals surface area contributed by atoms with Crippen molar-refractivity contribution in [2.24, 2.45) is 0 Å². The molecule has 0 saturated heterocycles. The highest BCUT2D eigenvalue weighted by Gasteiger charge is 2.12. The molecule has 21 heavy (non-hydrogen) atoms. The number of carbonyl (C=O) groups is 2. The zero-order valence-corrected chi connectivity index (χ0v) is 11.5. The first kappa shape index (κ1) is 15.0. The quantitative estimate of drug-likeness (QED) is 0.910. The molecule has 1 amide bonds. The van der Waals surface area contributed by atoms with Crippen molar-refractivity contribution in [1.29, 1.82) is 0 Å². The molecule has 2 N–H and O–H groups in total. The van der Waals surface area contributed by atoms with Crippen LogP contribution < -0.4 is 5.32 Å². The third-order valence-corrected chi connectivity index (χ3v) is 3.10. The summed E-state index contributed by atoms with van der Waals surface area (Å²) in [5, 5.41) is 11.3. The summed E-state index contributed by atoms with van der Waals surface area (Å²) in [5.74, 6) is -2.24. The number of para-hydroxylation sites is 1. The summed E-state index contributed by atoms with van der Waals surface area (Å²) in [6.45, 7) is 0. The topological polar surface area (TPSA) is 66.4 Å². The number of amides is 1. The van der Waals surface area contributed by atoms with E-state index in [1.165, 1.54) is 12.1 Å². The second-order valence-electron chi connectivity index (χ2n) is 4.31. The lowest BCUT2D eigenvalue weighted by Crippen LogP contribution is -2.14. The van der Waals surface area contributed by atoms with Gasteiger partial charge in [-0.25, -0.2) is 4.39 Å². The molecule has 108 valence electrons. The summed E-state index contributed by atoms with van der Waals surface area (Å²) < 4.78 is 13.3. The van der Waals surface area contributed by atoms with Crippen LogP contribution in [0.1, 0.15) is 15.9 Å². The molecule has 0 radical (unpaired) electrons. The van der Waals surface area contributed by atoms with Crippen LogP contribution in [-0.2, 0) is 11.2 Å². The Balaban J connectivity index is 2.23. The van der Waals surface area contributed by atoms with E-state index in [0.29, 0.717) is 11.3 Å². The summed E-state index contributed by atoms with van der Waals surface area (Å²) >= 11 is 5.56. The molecule has 0 heterocycles. The molecular formula is C15H11ClFNO3. The molecule has 0 atom stereocenters. The molecule has 2 aromatic rings. The number of anilines is 1. The van der Waals surface area contributed by atoms with Crippen molar-refractivity contribution in [3.8, 4) is 0 Å². The van der Waals surface area contributed by atoms with Gasteiger partial charge in [-0.05, 0) is 29.8 Å². The zero-order valence-electron chi connectivity index (χ0n) is 10.8.